The number of carbonyl (C=O) groups excluding carboxylic acids is 1. The standard InChI is InChI=1S/C23H25ClN4O4S/c1-16-5-7-17(8-6-16)22-25-21(32-26-22)15-27(2)23(29)18-4-3-13-28(14-18)33(30,31)20-11-9-19(24)10-12-20/h5-12,18H,3-4,13-15H2,1-2H3/t18-/m0/s1. The summed E-state index contributed by atoms with van der Waals surface area (Å²) in [5.74, 6) is 0.193. The lowest BCUT2D eigenvalue weighted by atomic mass is 9.98. The molecule has 1 atom stereocenters. The van der Waals surface area contributed by atoms with Gasteiger partial charge in [0.05, 0.1) is 17.4 Å². The molecule has 4 rings (SSSR count). The summed E-state index contributed by atoms with van der Waals surface area (Å²) < 4.78 is 32.7. The van der Waals surface area contributed by atoms with Crippen molar-refractivity contribution in [3.63, 3.8) is 0 Å². The maximum absolute atomic E-state index is 13.1. The van der Waals surface area contributed by atoms with Gasteiger partial charge >= 0.3 is 0 Å². The molecule has 0 N–H and O–H groups in total. The first-order chi connectivity index (χ1) is 15.7. The topological polar surface area (TPSA) is 96.6 Å². The van der Waals surface area contributed by atoms with Gasteiger partial charge < -0.3 is 9.42 Å². The quantitative estimate of drug-likeness (QED) is 0.524. The molecule has 1 saturated heterocycles. The second-order valence-electron chi connectivity index (χ2n) is 8.23. The van der Waals surface area contributed by atoms with E-state index < -0.39 is 15.9 Å². The summed E-state index contributed by atoms with van der Waals surface area (Å²) in [6.45, 7) is 2.66. The van der Waals surface area contributed by atoms with E-state index in [2.05, 4.69) is 10.1 Å². The number of hydrogen-bond donors (Lipinski definition) is 0. The minimum atomic E-state index is -3.70. The van der Waals surface area contributed by atoms with Crippen LogP contribution in [0.3, 0.4) is 0 Å². The van der Waals surface area contributed by atoms with Crippen LogP contribution < -0.4 is 0 Å². The maximum Gasteiger partial charge on any atom is 0.246 e. The summed E-state index contributed by atoms with van der Waals surface area (Å²) in [6.07, 6.45) is 1.23. The third kappa shape index (κ3) is 5.26. The van der Waals surface area contributed by atoms with Gasteiger partial charge in [-0.15, -0.1) is 0 Å². The first-order valence-corrected chi connectivity index (χ1v) is 12.5. The molecule has 1 fully saturated rings. The number of nitrogens with zero attached hydrogens (tertiary/aromatic N) is 4. The maximum atomic E-state index is 13.1. The van der Waals surface area contributed by atoms with E-state index in [0.717, 1.165) is 11.1 Å². The first kappa shape index (κ1) is 23.4. The highest BCUT2D eigenvalue weighted by atomic mass is 35.5. The summed E-state index contributed by atoms with van der Waals surface area (Å²) in [7, 11) is -2.04. The second kappa shape index (κ2) is 9.62. The number of aromatic nitrogens is 2. The van der Waals surface area contributed by atoms with Crippen LogP contribution in [0.5, 0.6) is 0 Å². The molecule has 0 saturated carbocycles. The zero-order chi connectivity index (χ0) is 23.6. The molecule has 0 unspecified atom stereocenters. The molecule has 0 bridgehead atoms. The van der Waals surface area contributed by atoms with E-state index in [9.17, 15) is 13.2 Å². The predicted molar refractivity (Wildman–Crippen MR) is 124 cm³/mol. The molecule has 174 valence electrons. The number of benzene rings is 2. The average Bonchev–Trinajstić information content (AvgIpc) is 3.27. The first-order valence-electron chi connectivity index (χ1n) is 10.6. The molecule has 3 aromatic rings. The SMILES string of the molecule is Cc1ccc(-c2noc(CN(C)C(=O)[C@H]3CCCN(S(=O)(=O)c4ccc(Cl)cc4)C3)n2)cc1. The number of amides is 1. The fourth-order valence-electron chi connectivity index (χ4n) is 3.85. The van der Waals surface area contributed by atoms with Crippen LogP contribution in [-0.2, 0) is 21.4 Å². The van der Waals surface area contributed by atoms with Gasteiger partial charge in [-0.05, 0) is 44.0 Å². The molecule has 1 aliphatic heterocycles. The Hall–Kier alpha value is -2.75. The van der Waals surface area contributed by atoms with E-state index in [-0.39, 0.29) is 23.9 Å². The molecule has 8 nitrogen and oxygen atoms in total. The van der Waals surface area contributed by atoms with Crippen molar-refractivity contribution in [3.05, 3.63) is 65.0 Å². The van der Waals surface area contributed by atoms with Crippen LogP contribution >= 0.6 is 11.6 Å². The van der Waals surface area contributed by atoms with Crippen molar-refractivity contribution in [1.82, 2.24) is 19.3 Å². The highest BCUT2D eigenvalue weighted by molar-refractivity contribution is 7.89. The van der Waals surface area contributed by atoms with E-state index in [1.807, 2.05) is 31.2 Å². The van der Waals surface area contributed by atoms with Gasteiger partial charge in [-0.25, -0.2) is 8.42 Å². The normalized spacial score (nSPS) is 17.1. The molecule has 33 heavy (non-hydrogen) atoms. The molecular weight excluding hydrogens is 464 g/mol. The smallest absolute Gasteiger partial charge is 0.246 e. The van der Waals surface area contributed by atoms with Crippen molar-refractivity contribution in [2.75, 3.05) is 20.1 Å². The van der Waals surface area contributed by atoms with Gasteiger partial charge in [0, 0.05) is 30.7 Å². The Bertz CT molecular complexity index is 1230. The minimum Gasteiger partial charge on any atom is -0.337 e. The highest BCUT2D eigenvalue weighted by Crippen LogP contribution is 2.26. The van der Waals surface area contributed by atoms with Gasteiger partial charge in [-0.2, -0.15) is 9.29 Å². The fraction of sp³-hybridized carbons (Fsp3) is 0.348. The van der Waals surface area contributed by atoms with Crippen LogP contribution in [0.25, 0.3) is 11.4 Å². The van der Waals surface area contributed by atoms with Crippen LogP contribution in [0, 0.1) is 12.8 Å². The third-order valence-electron chi connectivity index (χ3n) is 5.71. The summed E-state index contributed by atoms with van der Waals surface area (Å²) in [6, 6.07) is 13.8. The van der Waals surface area contributed by atoms with Crippen molar-refractivity contribution in [2.45, 2.75) is 31.2 Å². The molecule has 0 spiro atoms. The molecule has 1 aromatic heterocycles. The Kier molecular flexibility index (Phi) is 6.83. The lowest BCUT2D eigenvalue weighted by Gasteiger charge is -2.33. The van der Waals surface area contributed by atoms with Crippen molar-refractivity contribution < 1.29 is 17.7 Å². The number of aryl methyl sites for hydroxylation is 1. The van der Waals surface area contributed by atoms with Crippen molar-refractivity contribution in [2.24, 2.45) is 5.92 Å². The Labute approximate surface area is 198 Å². The van der Waals surface area contributed by atoms with Gasteiger partial charge in [-0.3, -0.25) is 4.79 Å². The summed E-state index contributed by atoms with van der Waals surface area (Å²) in [4.78, 5) is 19.1. The summed E-state index contributed by atoms with van der Waals surface area (Å²) in [5, 5.41) is 4.47. The minimum absolute atomic E-state index is 0.132. The fourth-order valence-corrected chi connectivity index (χ4v) is 5.50. The largest absolute Gasteiger partial charge is 0.337 e. The lowest BCUT2D eigenvalue weighted by Crippen LogP contribution is -2.45. The summed E-state index contributed by atoms with van der Waals surface area (Å²) in [5.41, 5.74) is 1.97. The number of rotatable bonds is 6. The molecular formula is C23H25ClN4O4S. The van der Waals surface area contributed by atoms with E-state index in [0.29, 0.717) is 36.1 Å². The number of hydrogen-bond acceptors (Lipinski definition) is 6. The molecule has 2 heterocycles. The van der Waals surface area contributed by atoms with Crippen molar-refractivity contribution in [3.8, 4) is 11.4 Å². The van der Waals surface area contributed by atoms with Gasteiger partial charge in [0.2, 0.25) is 27.6 Å². The average molecular weight is 489 g/mol. The summed E-state index contributed by atoms with van der Waals surface area (Å²) >= 11 is 5.88. The number of sulfonamides is 1. The van der Waals surface area contributed by atoms with Gasteiger partial charge in [0.15, 0.2) is 0 Å². The zero-order valence-corrected chi connectivity index (χ0v) is 20.0. The number of piperidine rings is 1. The number of halogens is 1. The Balaban J connectivity index is 1.41. The Morgan fingerprint density at radius 3 is 2.58 bits per heavy atom. The van der Waals surface area contributed by atoms with E-state index in [1.165, 1.54) is 21.3 Å². The van der Waals surface area contributed by atoms with E-state index >= 15 is 0 Å². The molecule has 1 amide bonds. The van der Waals surface area contributed by atoms with Crippen molar-refractivity contribution >= 4 is 27.5 Å². The molecule has 0 radical (unpaired) electrons. The monoisotopic (exact) mass is 488 g/mol. The van der Waals surface area contributed by atoms with E-state index in [4.69, 9.17) is 16.1 Å². The molecule has 10 heteroatoms. The molecule has 0 aliphatic carbocycles. The van der Waals surface area contributed by atoms with Crippen LogP contribution in [0.4, 0.5) is 0 Å². The van der Waals surface area contributed by atoms with Gasteiger partial charge in [0.25, 0.3) is 0 Å². The lowest BCUT2D eigenvalue weighted by molar-refractivity contribution is -0.136. The molecule has 1 aliphatic rings. The number of carbonyl (C=O) groups is 1. The third-order valence-corrected chi connectivity index (χ3v) is 7.84. The van der Waals surface area contributed by atoms with Crippen molar-refractivity contribution in [1.29, 1.82) is 0 Å². The zero-order valence-electron chi connectivity index (χ0n) is 18.4. The highest BCUT2D eigenvalue weighted by Gasteiger charge is 2.34. The molecule has 2 aromatic carbocycles. The predicted octanol–water partition coefficient (Wildman–Crippen LogP) is 3.76. The Morgan fingerprint density at radius 1 is 1.18 bits per heavy atom. The van der Waals surface area contributed by atoms with Gasteiger partial charge in [0.1, 0.15) is 0 Å². The Morgan fingerprint density at radius 2 is 1.88 bits per heavy atom. The van der Waals surface area contributed by atoms with Crippen LogP contribution in [0.2, 0.25) is 5.02 Å². The van der Waals surface area contributed by atoms with Crippen LogP contribution in [-0.4, -0.2) is 53.8 Å². The van der Waals surface area contributed by atoms with Crippen LogP contribution in [0.15, 0.2) is 57.9 Å². The second-order valence-corrected chi connectivity index (χ2v) is 10.6. The van der Waals surface area contributed by atoms with E-state index in [1.54, 1.807) is 19.2 Å². The van der Waals surface area contributed by atoms with Crippen LogP contribution in [0.1, 0.15) is 24.3 Å². The van der Waals surface area contributed by atoms with Gasteiger partial charge in [-0.1, -0.05) is 46.6 Å².